The maximum Gasteiger partial charge on any atom is 2.00 e. The van der Waals surface area contributed by atoms with Crippen LogP contribution in [0.15, 0.2) is 122 Å². The van der Waals surface area contributed by atoms with Gasteiger partial charge in [0, 0.05) is 35.0 Å². The summed E-state index contributed by atoms with van der Waals surface area (Å²) in [6, 6.07) is 44.8. The van der Waals surface area contributed by atoms with Crippen LogP contribution in [0.4, 0.5) is 0 Å². The van der Waals surface area contributed by atoms with Crippen molar-refractivity contribution in [2.24, 2.45) is 0 Å². The Morgan fingerprint density at radius 1 is 0.686 bits per heavy atom. The topological polar surface area (TPSA) is 44.9 Å². The van der Waals surface area contributed by atoms with Crippen molar-refractivity contribution in [3.63, 3.8) is 0 Å². The Morgan fingerprint density at radius 3 is 2.20 bits per heavy atom. The van der Waals surface area contributed by atoms with Crippen LogP contribution in [-0.2, 0) is 26.5 Å². The molecule has 0 unspecified atom stereocenters. The van der Waals surface area contributed by atoms with Crippen molar-refractivity contribution >= 4 is 21.8 Å². The maximum atomic E-state index is 6.63. The number of ether oxygens (including phenoxy) is 1. The number of hydrogen-bond acceptors (Lipinski definition) is 3. The molecule has 0 N–H and O–H groups in total. The van der Waals surface area contributed by atoms with E-state index in [1.807, 2.05) is 47.4 Å². The first-order valence-corrected chi connectivity index (χ1v) is 17.0. The summed E-state index contributed by atoms with van der Waals surface area (Å²) < 4.78 is 10.7. The molecule has 0 saturated heterocycles. The van der Waals surface area contributed by atoms with Crippen LogP contribution in [0.25, 0.3) is 55.7 Å². The van der Waals surface area contributed by atoms with Gasteiger partial charge in [0.2, 0.25) is 0 Å². The van der Waals surface area contributed by atoms with Crippen molar-refractivity contribution in [1.82, 2.24) is 19.3 Å². The molecular weight excluding hydrogens is 808 g/mol. The summed E-state index contributed by atoms with van der Waals surface area (Å²) in [7, 11) is 0. The number of rotatable bonds is 6. The molecule has 0 aliphatic heterocycles. The summed E-state index contributed by atoms with van der Waals surface area (Å²) in [5, 5.41) is 7.26. The van der Waals surface area contributed by atoms with Crippen LogP contribution in [0.1, 0.15) is 43.0 Å². The molecular formula is C45H38N4OPt. The van der Waals surface area contributed by atoms with Crippen LogP contribution in [0.2, 0.25) is 0 Å². The van der Waals surface area contributed by atoms with E-state index < -0.39 is 0 Å². The zero-order valence-electron chi connectivity index (χ0n) is 29.6. The van der Waals surface area contributed by atoms with E-state index >= 15 is 0 Å². The minimum absolute atomic E-state index is 0. The zero-order chi connectivity index (χ0) is 34.6. The van der Waals surface area contributed by atoms with Crippen LogP contribution in [-0.4, -0.2) is 19.3 Å². The van der Waals surface area contributed by atoms with E-state index in [1.165, 1.54) is 22.3 Å². The molecule has 0 aliphatic rings. The van der Waals surface area contributed by atoms with E-state index in [1.54, 1.807) is 0 Å². The molecule has 6 heteroatoms. The molecule has 3 aromatic heterocycles. The van der Waals surface area contributed by atoms with Crippen LogP contribution in [0.5, 0.6) is 11.5 Å². The Morgan fingerprint density at radius 2 is 1.43 bits per heavy atom. The molecule has 0 atom stereocenters. The number of fused-ring (bicyclic) bond motifs is 3. The molecule has 8 rings (SSSR count). The molecule has 3 heterocycles. The molecule has 5 aromatic carbocycles. The summed E-state index contributed by atoms with van der Waals surface area (Å²) in [5.41, 5.74) is 11.8. The van der Waals surface area contributed by atoms with Gasteiger partial charge in [-0.3, -0.25) is 4.68 Å². The third-order valence-corrected chi connectivity index (χ3v) is 9.32. The first-order chi connectivity index (χ1) is 24.1. The number of para-hydroxylation sites is 1. The number of hydrogen-bond donors (Lipinski definition) is 0. The average molecular weight is 846 g/mol. The second-order valence-electron chi connectivity index (χ2n) is 14.1. The van der Waals surface area contributed by atoms with Gasteiger partial charge in [0.05, 0.1) is 5.69 Å². The van der Waals surface area contributed by atoms with Crippen LogP contribution in [0, 0.1) is 32.9 Å². The summed E-state index contributed by atoms with van der Waals surface area (Å²) in [5.74, 6) is 2.02. The SMILES string of the molecule is Cc1cc(C)c(-c2ccn(-c3[c-]c(Oc4[c-]c5c(cc4)c4ccccc4n5-c4cc(C(C)(C)C)ccn4)cc(-c4ccccc4)c3)n2)c(C)c1.[Pt+2]. The quantitative estimate of drug-likeness (QED) is 0.157. The number of pyridine rings is 1. The van der Waals surface area contributed by atoms with Crippen LogP contribution < -0.4 is 4.74 Å². The van der Waals surface area contributed by atoms with E-state index in [2.05, 4.69) is 137 Å². The second-order valence-corrected chi connectivity index (χ2v) is 14.1. The van der Waals surface area contributed by atoms with E-state index in [0.717, 1.165) is 55.7 Å². The van der Waals surface area contributed by atoms with Gasteiger partial charge in [0.1, 0.15) is 5.82 Å². The molecule has 51 heavy (non-hydrogen) atoms. The molecule has 0 radical (unpaired) electrons. The number of aryl methyl sites for hydroxylation is 3. The van der Waals surface area contributed by atoms with Gasteiger partial charge in [0.25, 0.3) is 0 Å². The number of nitrogens with zero attached hydrogens (tertiary/aromatic N) is 4. The van der Waals surface area contributed by atoms with Crippen molar-refractivity contribution in [2.45, 2.75) is 47.0 Å². The fourth-order valence-electron chi connectivity index (χ4n) is 6.98. The fourth-order valence-corrected chi connectivity index (χ4v) is 6.98. The largest absolute Gasteiger partial charge is 2.00 e. The van der Waals surface area contributed by atoms with Crippen LogP contribution >= 0.6 is 0 Å². The van der Waals surface area contributed by atoms with E-state index in [4.69, 9.17) is 14.8 Å². The molecule has 0 fully saturated rings. The summed E-state index contributed by atoms with van der Waals surface area (Å²) in [6.07, 6.45) is 3.89. The van der Waals surface area contributed by atoms with Gasteiger partial charge in [-0.1, -0.05) is 92.5 Å². The van der Waals surface area contributed by atoms with Gasteiger partial charge in [-0.25, -0.2) is 4.98 Å². The van der Waals surface area contributed by atoms with Crippen LogP contribution in [0.3, 0.4) is 0 Å². The minimum atomic E-state index is -0.0150. The molecule has 254 valence electrons. The molecule has 5 nitrogen and oxygen atoms in total. The van der Waals surface area contributed by atoms with Crippen molar-refractivity contribution in [1.29, 1.82) is 0 Å². The average Bonchev–Trinajstić information content (AvgIpc) is 3.71. The first kappa shape index (κ1) is 34.2. The second kappa shape index (κ2) is 13.5. The molecule has 0 saturated carbocycles. The predicted octanol–water partition coefficient (Wildman–Crippen LogP) is 11.3. The summed E-state index contributed by atoms with van der Waals surface area (Å²) in [4.78, 5) is 4.82. The third-order valence-electron chi connectivity index (χ3n) is 9.32. The fraction of sp³-hybridized carbons (Fsp3) is 0.156. The smallest absolute Gasteiger partial charge is 0.509 e. The van der Waals surface area contributed by atoms with Gasteiger partial charge < -0.3 is 9.30 Å². The van der Waals surface area contributed by atoms with E-state index in [0.29, 0.717) is 11.5 Å². The standard InChI is InChI=1S/C45H38N4O.Pt/c1-29-22-30(2)44(31(3)23-29)40-19-21-48(47-40)35-24-33(32-12-8-7-9-13-32)25-37(27-35)50-36-16-17-39-38-14-10-11-15-41(38)49(42(39)28-36)43-26-34(18-20-46-43)45(4,5)6;/h7-26H,1-6H3;/q-2;+2. The van der Waals surface area contributed by atoms with E-state index in [9.17, 15) is 0 Å². The number of aromatic nitrogens is 4. The van der Waals surface area contributed by atoms with Crippen molar-refractivity contribution in [3.05, 3.63) is 156 Å². The summed E-state index contributed by atoms with van der Waals surface area (Å²) in [6.45, 7) is 13.1. The van der Waals surface area contributed by atoms with Gasteiger partial charge in [-0.2, -0.15) is 11.2 Å². The van der Waals surface area contributed by atoms with Crippen molar-refractivity contribution in [2.75, 3.05) is 0 Å². The normalized spacial score (nSPS) is 11.6. The molecule has 0 aliphatic carbocycles. The Kier molecular flexibility index (Phi) is 9.03. The van der Waals surface area contributed by atoms with Gasteiger partial charge >= 0.3 is 21.1 Å². The molecule has 8 aromatic rings. The van der Waals surface area contributed by atoms with Gasteiger partial charge in [0.15, 0.2) is 0 Å². The predicted molar refractivity (Wildman–Crippen MR) is 204 cm³/mol. The van der Waals surface area contributed by atoms with Gasteiger partial charge in [-0.15, -0.1) is 41.3 Å². The molecule has 0 bridgehead atoms. The Hall–Kier alpha value is -5.25. The van der Waals surface area contributed by atoms with Crippen molar-refractivity contribution < 1.29 is 25.8 Å². The Balaban J connectivity index is 0.00000406. The number of benzene rings is 5. The van der Waals surface area contributed by atoms with Crippen molar-refractivity contribution in [3.8, 4) is 45.4 Å². The zero-order valence-corrected chi connectivity index (χ0v) is 31.8. The monoisotopic (exact) mass is 845 g/mol. The maximum absolute atomic E-state index is 6.63. The minimum Gasteiger partial charge on any atom is -0.509 e. The Labute approximate surface area is 313 Å². The molecule has 0 spiro atoms. The van der Waals surface area contributed by atoms with E-state index in [-0.39, 0.29) is 26.5 Å². The molecule has 0 amide bonds. The Bertz CT molecular complexity index is 2520. The first-order valence-electron chi connectivity index (χ1n) is 17.0. The summed E-state index contributed by atoms with van der Waals surface area (Å²) >= 11 is 0. The van der Waals surface area contributed by atoms with Gasteiger partial charge in [-0.05, 0) is 83.8 Å². The third kappa shape index (κ3) is 6.55.